The van der Waals surface area contributed by atoms with Gasteiger partial charge < -0.3 is 4.90 Å². The van der Waals surface area contributed by atoms with Crippen molar-refractivity contribution >= 4 is 45.3 Å². The number of hydrogen-bond donors (Lipinski definition) is 0. The number of nitrogens with zero attached hydrogens (tertiary/aromatic N) is 3. The second-order valence-electron chi connectivity index (χ2n) is 8.52. The molecule has 0 bridgehead atoms. The molecule has 0 aliphatic carbocycles. The van der Waals surface area contributed by atoms with Gasteiger partial charge in [0, 0.05) is 41.2 Å². The molecular formula is C27H21F2N3O2. The number of halogens is 2. The quantitative estimate of drug-likeness (QED) is 0.236. The molecule has 34 heavy (non-hydrogen) atoms. The first-order chi connectivity index (χ1) is 16.3. The molecule has 0 aromatic heterocycles. The molecule has 0 N–H and O–H groups in total. The molecule has 7 heteroatoms. The Morgan fingerprint density at radius 3 is 2.41 bits per heavy atom. The number of carbonyl (C=O) groups is 2. The summed E-state index contributed by atoms with van der Waals surface area (Å²) in [5.41, 5.74) is 1.29. The summed E-state index contributed by atoms with van der Waals surface area (Å²) in [6.45, 7) is 0.772. The highest BCUT2D eigenvalue weighted by atomic mass is 19.1. The lowest BCUT2D eigenvalue weighted by Crippen LogP contribution is -2.43. The van der Waals surface area contributed by atoms with Crippen molar-refractivity contribution in [3.8, 4) is 0 Å². The standard InChI is InChI=1S/C27H21F2N3O2/c1-31(2)11-12-32-26(33)20-7-3-5-16-13-17-6-4-8-22(24(17)25(23(16)20)27(32)34)30-15-18-14-19(28)9-10-21(18)29/h3-10,13-15H,11-12H2,1-2H3. The topological polar surface area (TPSA) is 53.0 Å². The van der Waals surface area contributed by atoms with E-state index in [9.17, 15) is 18.4 Å². The van der Waals surface area contributed by atoms with Gasteiger partial charge in [0.05, 0.1) is 11.3 Å². The van der Waals surface area contributed by atoms with Crippen molar-refractivity contribution in [3.05, 3.63) is 89.0 Å². The van der Waals surface area contributed by atoms with Crippen molar-refractivity contribution in [2.45, 2.75) is 0 Å². The van der Waals surface area contributed by atoms with E-state index < -0.39 is 11.6 Å². The largest absolute Gasteiger partial charge is 0.308 e. The van der Waals surface area contributed by atoms with Gasteiger partial charge in [0.2, 0.25) is 0 Å². The first kappa shape index (κ1) is 21.9. The minimum Gasteiger partial charge on any atom is -0.308 e. The SMILES string of the molecule is CN(C)CCN1C(=O)c2cccc3cc4cccc(N=Cc5cc(F)ccc5F)c4c(c23)C1=O. The van der Waals surface area contributed by atoms with Crippen molar-refractivity contribution in [1.29, 1.82) is 0 Å². The van der Waals surface area contributed by atoms with Crippen molar-refractivity contribution in [1.82, 2.24) is 9.80 Å². The Bertz CT molecular complexity index is 1510. The van der Waals surface area contributed by atoms with Crippen molar-refractivity contribution in [2.24, 2.45) is 4.99 Å². The van der Waals surface area contributed by atoms with Gasteiger partial charge in [-0.15, -0.1) is 0 Å². The van der Waals surface area contributed by atoms with Crippen LogP contribution in [0.25, 0.3) is 21.5 Å². The minimum absolute atomic E-state index is 0.00115. The van der Waals surface area contributed by atoms with E-state index in [0.29, 0.717) is 34.1 Å². The summed E-state index contributed by atoms with van der Waals surface area (Å²) in [5.74, 6) is -1.89. The molecule has 0 saturated heterocycles. The van der Waals surface area contributed by atoms with Gasteiger partial charge in [-0.3, -0.25) is 19.5 Å². The lowest BCUT2D eigenvalue weighted by atomic mass is 9.89. The molecule has 1 aliphatic rings. The molecule has 0 unspecified atom stereocenters. The van der Waals surface area contributed by atoms with E-state index in [2.05, 4.69) is 4.99 Å². The Kier molecular flexibility index (Phi) is 5.42. The van der Waals surface area contributed by atoms with Crippen LogP contribution in [0.1, 0.15) is 26.3 Å². The number of carbonyl (C=O) groups excluding carboxylic acids is 2. The Morgan fingerprint density at radius 1 is 0.912 bits per heavy atom. The first-order valence-electron chi connectivity index (χ1n) is 10.8. The zero-order valence-electron chi connectivity index (χ0n) is 18.7. The fourth-order valence-electron chi connectivity index (χ4n) is 4.34. The summed E-state index contributed by atoms with van der Waals surface area (Å²) in [5, 5.41) is 2.71. The van der Waals surface area contributed by atoms with Gasteiger partial charge in [0.15, 0.2) is 0 Å². The normalized spacial score (nSPS) is 13.7. The fourth-order valence-corrected chi connectivity index (χ4v) is 4.34. The summed E-state index contributed by atoms with van der Waals surface area (Å²) < 4.78 is 27.8. The summed E-state index contributed by atoms with van der Waals surface area (Å²) >= 11 is 0. The van der Waals surface area contributed by atoms with Crippen molar-refractivity contribution in [2.75, 3.05) is 27.2 Å². The highest BCUT2D eigenvalue weighted by molar-refractivity contribution is 6.31. The molecule has 4 aromatic rings. The molecule has 0 spiro atoms. The Balaban J connectivity index is 1.75. The summed E-state index contributed by atoms with van der Waals surface area (Å²) in [7, 11) is 3.75. The summed E-state index contributed by atoms with van der Waals surface area (Å²) in [4.78, 5) is 34.5. The van der Waals surface area contributed by atoms with E-state index in [1.54, 1.807) is 24.3 Å². The van der Waals surface area contributed by atoms with Crippen LogP contribution in [0.4, 0.5) is 14.5 Å². The molecule has 4 aromatic carbocycles. The predicted octanol–water partition coefficient (Wildman–Crippen LogP) is 5.18. The van der Waals surface area contributed by atoms with Gasteiger partial charge in [-0.2, -0.15) is 0 Å². The Hall–Kier alpha value is -3.97. The number of amides is 2. The highest BCUT2D eigenvalue weighted by Gasteiger charge is 2.34. The third-order valence-electron chi connectivity index (χ3n) is 5.99. The van der Waals surface area contributed by atoms with Crippen LogP contribution < -0.4 is 0 Å². The average Bonchev–Trinajstić information content (AvgIpc) is 2.81. The van der Waals surface area contributed by atoms with Crippen LogP contribution in [0.2, 0.25) is 0 Å². The van der Waals surface area contributed by atoms with Crippen molar-refractivity contribution < 1.29 is 18.4 Å². The number of aliphatic imine (C=N–C) groups is 1. The molecule has 170 valence electrons. The number of hydrogen-bond acceptors (Lipinski definition) is 4. The van der Waals surface area contributed by atoms with Gasteiger partial charge in [0.1, 0.15) is 11.6 Å². The van der Waals surface area contributed by atoms with Gasteiger partial charge in [0.25, 0.3) is 11.8 Å². The molecule has 0 atom stereocenters. The number of imide groups is 1. The Morgan fingerprint density at radius 2 is 1.65 bits per heavy atom. The maximum Gasteiger partial charge on any atom is 0.262 e. The van der Waals surface area contributed by atoms with Gasteiger partial charge in [-0.25, -0.2) is 8.78 Å². The molecule has 0 fully saturated rings. The maximum atomic E-state index is 14.1. The zero-order valence-corrected chi connectivity index (χ0v) is 18.7. The molecule has 0 saturated carbocycles. The predicted molar refractivity (Wildman–Crippen MR) is 129 cm³/mol. The minimum atomic E-state index is -0.601. The van der Waals surface area contributed by atoms with E-state index in [1.807, 2.05) is 37.2 Å². The van der Waals surface area contributed by atoms with E-state index in [0.717, 1.165) is 29.0 Å². The third-order valence-corrected chi connectivity index (χ3v) is 5.99. The highest BCUT2D eigenvalue weighted by Crippen LogP contribution is 2.39. The number of fused-ring (bicyclic) bond motifs is 2. The molecular weight excluding hydrogens is 436 g/mol. The van der Waals surface area contributed by atoms with Gasteiger partial charge >= 0.3 is 0 Å². The number of likely N-dealkylation sites (N-methyl/N-ethyl adjacent to an activating group) is 1. The first-order valence-corrected chi connectivity index (χ1v) is 10.8. The van der Waals surface area contributed by atoms with Crippen LogP contribution in [0, 0.1) is 11.6 Å². The molecule has 5 rings (SSSR count). The molecule has 5 nitrogen and oxygen atoms in total. The molecule has 0 radical (unpaired) electrons. The van der Waals surface area contributed by atoms with Crippen LogP contribution in [0.3, 0.4) is 0 Å². The van der Waals surface area contributed by atoms with Crippen LogP contribution in [-0.4, -0.2) is 55.0 Å². The maximum absolute atomic E-state index is 14.1. The van der Waals surface area contributed by atoms with Crippen LogP contribution in [0.15, 0.2) is 65.7 Å². The molecule has 1 heterocycles. The van der Waals surface area contributed by atoms with E-state index in [-0.39, 0.29) is 23.9 Å². The van der Waals surface area contributed by atoms with Gasteiger partial charge in [-0.1, -0.05) is 24.3 Å². The summed E-state index contributed by atoms with van der Waals surface area (Å²) in [6.07, 6.45) is 1.25. The number of benzene rings is 4. The summed E-state index contributed by atoms with van der Waals surface area (Å²) in [6, 6.07) is 15.8. The van der Waals surface area contributed by atoms with Gasteiger partial charge in [-0.05, 0) is 61.3 Å². The van der Waals surface area contributed by atoms with E-state index in [4.69, 9.17) is 0 Å². The smallest absolute Gasteiger partial charge is 0.262 e. The van der Waals surface area contributed by atoms with Crippen LogP contribution >= 0.6 is 0 Å². The van der Waals surface area contributed by atoms with Crippen LogP contribution in [0.5, 0.6) is 0 Å². The number of rotatable bonds is 5. The van der Waals surface area contributed by atoms with E-state index >= 15 is 0 Å². The molecule has 1 aliphatic heterocycles. The fraction of sp³-hybridized carbons (Fsp3) is 0.148. The van der Waals surface area contributed by atoms with Crippen LogP contribution in [-0.2, 0) is 0 Å². The third kappa shape index (κ3) is 3.64. The second-order valence-corrected chi connectivity index (χ2v) is 8.52. The average molecular weight is 457 g/mol. The monoisotopic (exact) mass is 457 g/mol. The molecule has 2 amide bonds. The second kappa shape index (κ2) is 8.43. The lowest BCUT2D eigenvalue weighted by Gasteiger charge is -2.29. The lowest BCUT2D eigenvalue weighted by molar-refractivity contribution is 0.0602. The Labute approximate surface area is 194 Å². The zero-order chi connectivity index (χ0) is 24.0. The van der Waals surface area contributed by atoms with Crippen molar-refractivity contribution in [3.63, 3.8) is 0 Å². The van der Waals surface area contributed by atoms with E-state index in [1.165, 1.54) is 11.1 Å².